The zero-order valence-corrected chi connectivity index (χ0v) is 19.9. The highest BCUT2D eigenvalue weighted by Crippen LogP contribution is 2.33. The highest BCUT2D eigenvalue weighted by atomic mass is 16.5. The fraction of sp³-hybridized carbons (Fsp3) is 0.250. The Balaban J connectivity index is 1.24. The molecule has 4 aromatic rings. The Hall–Kier alpha value is -4.13. The van der Waals surface area contributed by atoms with Crippen molar-refractivity contribution in [3.63, 3.8) is 0 Å². The molecule has 1 aliphatic heterocycles. The van der Waals surface area contributed by atoms with Crippen molar-refractivity contribution in [2.24, 2.45) is 0 Å². The van der Waals surface area contributed by atoms with Crippen LogP contribution in [0.25, 0.3) is 11.0 Å². The number of hydrogen-bond acceptors (Lipinski definition) is 4. The molecule has 1 aliphatic rings. The van der Waals surface area contributed by atoms with Crippen molar-refractivity contribution in [3.8, 4) is 5.75 Å². The molecule has 5 rings (SSSR count). The van der Waals surface area contributed by atoms with Crippen molar-refractivity contribution in [1.82, 2.24) is 9.97 Å². The maximum atomic E-state index is 13.1. The van der Waals surface area contributed by atoms with Gasteiger partial charge in [0.25, 0.3) is 5.91 Å². The standard InChI is InChI=1S/C28H28N4O3/c1-3-23(32-24-6-4-5-7-25(24)35-17-27(32)33)28(34)29-20-12-9-19(10-13-20)11-15-26-30-21-14-8-18(2)16-22(21)31-26/h4-10,12-14,16,23H,3,11,15,17H2,1-2H3,(H,29,34)(H,30,31)/t23-/m0/s1. The van der Waals surface area contributed by atoms with Crippen LogP contribution in [0, 0.1) is 6.92 Å². The monoisotopic (exact) mass is 468 g/mol. The summed E-state index contributed by atoms with van der Waals surface area (Å²) in [5.74, 6) is 1.14. The molecule has 2 heterocycles. The first-order valence-electron chi connectivity index (χ1n) is 11.9. The molecule has 0 saturated heterocycles. The molecule has 0 fully saturated rings. The van der Waals surface area contributed by atoms with Crippen LogP contribution in [0.3, 0.4) is 0 Å². The van der Waals surface area contributed by atoms with E-state index in [1.807, 2.05) is 55.5 Å². The number of imidazole rings is 1. The number of fused-ring (bicyclic) bond motifs is 2. The van der Waals surface area contributed by atoms with E-state index in [9.17, 15) is 9.59 Å². The smallest absolute Gasteiger partial charge is 0.265 e. The van der Waals surface area contributed by atoms with Gasteiger partial charge in [0.05, 0.1) is 16.7 Å². The molecule has 7 heteroatoms. The number of para-hydroxylation sites is 2. The van der Waals surface area contributed by atoms with Crippen molar-refractivity contribution in [2.45, 2.75) is 39.2 Å². The van der Waals surface area contributed by atoms with Crippen LogP contribution >= 0.6 is 0 Å². The topological polar surface area (TPSA) is 87.3 Å². The molecule has 0 aliphatic carbocycles. The summed E-state index contributed by atoms with van der Waals surface area (Å²) in [7, 11) is 0. The van der Waals surface area contributed by atoms with Gasteiger partial charge >= 0.3 is 0 Å². The molecule has 178 valence electrons. The van der Waals surface area contributed by atoms with Crippen molar-refractivity contribution in [3.05, 3.63) is 83.7 Å². The van der Waals surface area contributed by atoms with Crippen molar-refractivity contribution >= 4 is 34.2 Å². The Morgan fingerprint density at radius 1 is 1.11 bits per heavy atom. The number of rotatable bonds is 7. The summed E-state index contributed by atoms with van der Waals surface area (Å²) in [6.07, 6.45) is 2.13. The second-order valence-electron chi connectivity index (χ2n) is 8.83. The third-order valence-corrected chi connectivity index (χ3v) is 6.30. The molecule has 35 heavy (non-hydrogen) atoms. The van der Waals surface area contributed by atoms with Crippen molar-refractivity contribution in [1.29, 1.82) is 0 Å². The molecule has 3 aromatic carbocycles. The van der Waals surface area contributed by atoms with Crippen LogP contribution in [-0.2, 0) is 22.4 Å². The van der Waals surface area contributed by atoms with E-state index in [4.69, 9.17) is 4.74 Å². The SMILES string of the molecule is CC[C@@H](C(=O)Nc1ccc(CCc2nc3ccc(C)cc3[nH]2)cc1)N1C(=O)COc2ccccc21. The van der Waals surface area contributed by atoms with Gasteiger partial charge in [0.15, 0.2) is 6.61 Å². The van der Waals surface area contributed by atoms with Crippen LogP contribution in [0.15, 0.2) is 66.7 Å². The fourth-order valence-electron chi connectivity index (χ4n) is 4.49. The fourth-order valence-corrected chi connectivity index (χ4v) is 4.49. The number of carbonyl (C=O) groups excluding carboxylic acids is 2. The summed E-state index contributed by atoms with van der Waals surface area (Å²) < 4.78 is 5.52. The Bertz CT molecular complexity index is 1380. The van der Waals surface area contributed by atoms with Crippen molar-refractivity contribution in [2.75, 3.05) is 16.8 Å². The van der Waals surface area contributed by atoms with E-state index < -0.39 is 6.04 Å². The lowest BCUT2D eigenvalue weighted by Crippen LogP contribution is -2.51. The number of aromatic amines is 1. The number of nitrogens with zero attached hydrogens (tertiary/aromatic N) is 2. The van der Waals surface area contributed by atoms with Crippen LogP contribution in [-0.4, -0.2) is 34.4 Å². The third kappa shape index (κ3) is 4.75. The Labute approximate surface area is 204 Å². The van der Waals surface area contributed by atoms with Gasteiger partial charge in [-0.1, -0.05) is 37.3 Å². The van der Waals surface area contributed by atoms with E-state index in [-0.39, 0.29) is 18.4 Å². The molecular formula is C28H28N4O3. The summed E-state index contributed by atoms with van der Waals surface area (Å²) in [6.45, 7) is 3.90. The lowest BCUT2D eigenvalue weighted by atomic mass is 10.1. The number of aryl methyl sites for hydroxylation is 3. The predicted molar refractivity (Wildman–Crippen MR) is 137 cm³/mol. The van der Waals surface area contributed by atoms with Gasteiger partial charge in [-0.05, 0) is 67.3 Å². The summed E-state index contributed by atoms with van der Waals surface area (Å²) >= 11 is 0. The normalized spacial score (nSPS) is 13.9. The van der Waals surface area contributed by atoms with Gasteiger partial charge in [-0.3, -0.25) is 14.5 Å². The molecule has 1 aromatic heterocycles. The van der Waals surface area contributed by atoms with Gasteiger partial charge in [-0.15, -0.1) is 0 Å². The molecular weight excluding hydrogens is 440 g/mol. The van der Waals surface area contributed by atoms with Crippen LogP contribution in [0.4, 0.5) is 11.4 Å². The molecule has 0 unspecified atom stereocenters. The zero-order chi connectivity index (χ0) is 24.4. The van der Waals surface area contributed by atoms with Crippen LogP contribution < -0.4 is 15.0 Å². The summed E-state index contributed by atoms with van der Waals surface area (Å²) in [5, 5.41) is 2.97. The lowest BCUT2D eigenvalue weighted by molar-refractivity contribution is -0.125. The number of amides is 2. The molecule has 1 atom stereocenters. The molecule has 0 saturated carbocycles. The van der Waals surface area contributed by atoms with Gasteiger partial charge in [0.1, 0.15) is 17.6 Å². The maximum Gasteiger partial charge on any atom is 0.265 e. The third-order valence-electron chi connectivity index (χ3n) is 6.30. The largest absolute Gasteiger partial charge is 0.482 e. The average molecular weight is 469 g/mol. The van der Waals surface area contributed by atoms with Gasteiger partial charge < -0.3 is 15.0 Å². The number of H-pyrrole nitrogens is 1. The number of carbonyl (C=O) groups is 2. The van der Waals surface area contributed by atoms with E-state index in [1.54, 1.807) is 11.0 Å². The minimum Gasteiger partial charge on any atom is -0.482 e. The van der Waals surface area contributed by atoms with Gasteiger partial charge in [-0.25, -0.2) is 4.98 Å². The van der Waals surface area contributed by atoms with E-state index in [0.29, 0.717) is 23.5 Å². The predicted octanol–water partition coefficient (Wildman–Crippen LogP) is 4.80. The maximum absolute atomic E-state index is 13.1. The quantitative estimate of drug-likeness (QED) is 0.408. The summed E-state index contributed by atoms with van der Waals surface area (Å²) in [5.41, 5.74) is 5.73. The Kier molecular flexibility index (Phi) is 6.23. The molecule has 7 nitrogen and oxygen atoms in total. The van der Waals surface area contributed by atoms with Crippen molar-refractivity contribution < 1.29 is 14.3 Å². The van der Waals surface area contributed by atoms with Gasteiger partial charge in [-0.2, -0.15) is 0 Å². The first-order valence-corrected chi connectivity index (χ1v) is 11.9. The number of hydrogen-bond donors (Lipinski definition) is 2. The highest BCUT2D eigenvalue weighted by molar-refractivity contribution is 6.07. The molecule has 0 radical (unpaired) electrons. The van der Waals surface area contributed by atoms with E-state index in [0.717, 1.165) is 35.3 Å². The number of aromatic nitrogens is 2. The molecule has 2 amide bonds. The Morgan fingerprint density at radius 3 is 2.71 bits per heavy atom. The minimum absolute atomic E-state index is 0.0691. The first kappa shape index (κ1) is 22.7. The Morgan fingerprint density at radius 2 is 1.91 bits per heavy atom. The number of anilines is 2. The second kappa shape index (κ2) is 9.62. The lowest BCUT2D eigenvalue weighted by Gasteiger charge is -2.34. The average Bonchev–Trinajstić information content (AvgIpc) is 3.27. The summed E-state index contributed by atoms with van der Waals surface area (Å²) in [4.78, 5) is 35.4. The van der Waals surface area contributed by atoms with Crippen LogP contribution in [0.5, 0.6) is 5.75 Å². The summed E-state index contributed by atoms with van der Waals surface area (Å²) in [6, 6.07) is 20.7. The van der Waals surface area contributed by atoms with Crippen LogP contribution in [0.2, 0.25) is 0 Å². The van der Waals surface area contributed by atoms with Gasteiger partial charge in [0.2, 0.25) is 5.91 Å². The number of ether oxygens (including phenoxy) is 1. The van der Waals surface area contributed by atoms with Gasteiger partial charge in [0, 0.05) is 12.1 Å². The highest BCUT2D eigenvalue weighted by Gasteiger charge is 2.34. The van der Waals surface area contributed by atoms with E-state index >= 15 is 0 Å². The first-order chi connectivity index (χ1) is 17.0. The molecule has 0 spiro atoms. The second-order valence-corrected chi connectivity index (χ2v) is 8.83. The molecule has 0 bridgehead atoms. The zero-order valence-electron chi connectivity index (χ0n) is 19.9. The van der Waals surface area contributed by atoms with Crippen LogP contribution in [0.1, 0.15) is 30.3 Å². The van der Waals surface area contributed by atoms with E-state index in [1.165, 1.54) is 5.56 Å². The molecule has 2 N–H and O–H groups in total. The number of nitrogens with one attached hydrogen (secondary N) is 2. The van der Waals surface area contributed by atoms with E-state index in [2.05, 4.69) is 34.3 Å². The minimum atomic E-state index is -0.621. The number of benzene rings is 3.